The second kappa shape index (κ2) is 17.0. The number of carbonyl (C=O) groups excluding carboxylic acids is 3. The first-order chi connectivity index (χ1) is 19.1. The van der Waals surface area contributed by atoms with Crippen LogP contribution >= 0.6 is 0 Å². The summed E-state index contributed by atoms with van der Waals surface area (Å²) in [5.41, 5.74) is -1.74. The van der Waals surface area contributed by atoms with Crippen molar-refractivity contribution in [2.45, 2.75) is 179 Å². The molecule has 1 saturated carbocycles. The van der Waals surface area contributed by atoms with Gasteiger partial charge in [-0.05, 0) is 113 Å². The van der Waals surface area contributed by atoms with Crippen LogP contribution in [0.15, 0.2) is 0 Å². The summed E-state index contributed by atoms with van der Waals surface area (Å²) < 4.78 is 51.5. The maximum atomic E-state index is 12.0. The van der Waals surface area contributed by atoms with Crippen LogP contribution in [0.4, 0.5) is 13.2 Å². The van der Waals surface area contributed by atoms with Gasteiger partial charge in [-0.1, -0.05) is 48.0 Å². The Hall–Kier alpha value is -1.80. The molecule has 1 rings (SSSR count). The van der Waals surface area contributed by atoms with E-state index in [-0.39, 0.29) is 39.9 Å². The lowest BCUT2D eigenvalue weighted by Gasteiger charge is -2.36. The monoisotopic (exact) mass is 624 g/mol. The maximum Gasteiger partial charge on any atom is 0.425 e. The number of hydrogen-bond donors (Lipinski definition) is 0. The highest BCUT2D eigenvalue weighted by Gasteiger charge is 2.41. The molecule has 0 amide bonds. The summed E-state index contributed by atoms with van der Waals surface area (Å²) in [6.45, 7) is 27.7. The average Bonchev–Trinajstić information content (AvgIpc) is 2.88. The van der Waals surface area contributed by atoms with Gasteiger partial charge < -0.3 is 14.2 Å². The van der Waals surface area contributed by atoms with Gasteiger partial charge in [-0.15, -0.1) is 0 Å². The number of alkyl halides is 3. The molecular weight excluding hydrogens is 561 g/mol. The first-order valence-corrected chi connectivity index (χ1v) is 15.8. The van der Waals surface area contributed by atoms with Crippen LogP contribution in [-0.2, 0) is 28.6 Å². The Kier molecular flexibility index (Phi) is 17.2. The fraction of sp³-hybridized carbons (Fsp3) is 0.912. The van der Waals surface area contributed by atoms with Crippen LogP contribution < -0.4 is 0 Å². The van der Waals surface area contributed by atoms with Gasteiger partial charge >= 0.3 is 24.1 Å². The number of carbonyl (C=O) groups is 3. The summed E-state index contributed by atoms with van der Waals surface area (Å²) in [4.78, 5) is 34.9. The van der Waals surface area contributed by atoms with Crippen LogP contribution in [0.1, 0.15) is 155 Å². The molecule has 0 radical (unpaired) electrons. The van der Waals surface area contributed by atoms with Crippen LogP contribution in [0.3, 0.4) is 0 Å². The summed E-state index contributed by atoms with van der Waals surface area (Å²) in [7, 11) is 0. The predicted molar refractivity (Wildman–Crippen MR) is 166 cm³/mol. The Morgan fingerprint density at radius 2 is 0.953 bits per heavy atom. The van der Waals surface area contributed by atoms with E-state index in [1.807, 2.05) is 48.5 Å². The van der Waals surface area contributed by atoms with Crippen molar-refractivity contribution in [1.29, 1.82) is 0 Å². The number of hydrogen-bond acceptors (Lipinski definition) is 6. The van der Waals surface area contributed by atoms with E-state index in [0.717, 1.165) is 32.6 Å². The van der Waals surface area contributed by atoms with Crippen LogP contribution in [-0.4, -0.2) is 41.9 Å². The molecule has 1 aliphatic rings. The van der Waals surface area contributed by atoms with Gasteiger partial charge in [0.1, 0.15) is 11.7 Å². The molecule has 0 aliphatic heterocycles. The van der Waals surface area contributed by atoms with Crippen LogP contribution in [0, 0.1) is 21.7 Å². The van der Waals surface area contributed by atoms with Gasteiger partial charge in [0.25, 0.3) is 0 Å². The molecule has 0 aromatic heterocycles. The van der Waals surface area contributed by atoms with E-state index in [9.17, 15) is 27.6 Å². The van der Waals surface area contributed by atoms with E-state index < -0.39 is 23.7 Å². The number of ether oxygens (including phenoxy) is 3. The van der Waals surface area contributed by atoms with Gasteiger partial charge in [0.2, 0.25) is 0 Å². The molecule has 256 valence electrons. The van der Waals surface area contributed by atoms with Crippen molar-refractivity contribution >= 4 is 17.9 Å². The Balaban J connectivity index is 0. The number of halogens is 3. The van der Waals surface area contributed by atoms with Crippen molar-refractivity contribution in [2.24, 2.45) is 21.7 Å². The van der Waals surface area contributed by atoms with Gasteiger partial charge in [-0.3, -0.25) is 14.4 Å². The Bertz CT molecular complexity index is 816. The SMILES string of the molecule is CCC(C)(C)C(=O)OC(C)C(C)(C)C.CCC(C)(C)C(=O)OC(C)C(F)(F)F.CCC(C)(C)C(=O)OC1(C)CCCCC1. The zero-order valence-electron chi connectivity index (χ0n) is 29.9. The highest BCUT2D eigenvalue weighted by molar-refractivity contribution is 5.77. The topological polar surface area (TPSA) is 78.9 Å². The first kappa shape index (κ1) is 43.3. The van der Waals surface area contributed by atoms with E-state index in [4.69, 9.17) is 9.47 Å². The largest absolute Gasteiger partial charge is 0.462 e. The molecule has 2 atom stereocenters. The Morgan fingerprint density at radius 1 is 0.628 bits per heavy atom. The van der Waals surface area contributed by atoms with Crippen molar-refractivity contribution in [1.82, 2.24) is 0 Å². The second-order valence-corrected chi connectivity index (χ2v) is 15.1. The molecule has 1 aliphatic carbocycles. The van der Waals surface area contributed by atoms with Gasteiger partial charge in [-0.25, -0.2) is 0 Å². The molecular formula is C34H63F3O6. The third-order valence-corrected chi connectivity index (χ3v) is 8.81. The lowest BCUT2D eigenvalue weighted by molar-refractivity contribution is -0.221. The summed E-state index contributed by atoms with van der Waals surface area (Å²) in [6, 6.07) is 0. The highest BCUT2D eigenvalue weighted by Crippen LogP contribution is 2.34. The lowest BCUT2D eigenvalue weighted by atomic mass is 9.85. The van der Waals surface area contributed by atoms with Crippen molar-refractivity contribution in [3.05, 3.63) is 0 Å². The molecule has 1 fully saturated rings. The normalized spacial score (nSPS) is 17.2. The summed E-state index contributed by atoms with van der Waals surface area (Å²) in [5.74, 6) is -0.943. The molecule has 43 heavy (non-hydrogen) atoms. The van der Waals surface area contributed by atoms with Crippen molar-refractivity contribution in [3.63, 3.8) is 0 Å². The fourth-order valence-electron chi connectivity index (χ4n) is 3.08. The zero-order chi connectivity index (χ0) is 34.7. The standard InChI is InChI=1S/C13H24O2.C12H24O2.C9H15F3O2/c1-5-12(2,3)11(14)15-13(4)9-7-6-8-10-13;1-8-12(6,7)10(13)14-9(2)11(3,4)5;1-5-8(3,4)7(13)14-6(2)9(10,11)12/h5-10H2,1-4H3;9H,8H2,1-7H3;6H,5H2,1-4H3. The number of esters is 3. The van der Waals surface area contributed by atoms with Gasteiger partial charge in [0, 0.05) is 0 Å². The molecule has 0 saturated heterocycles. The molecule has 0 N–H and O–H groups in total. The van der Waals surface area contributed by atoms with Crippen LogP contribution in [0.25, 0.3) is 0 Å². The van der Waals surface area contributed by atoms with Gasteiger partial charge in [0.05, 0.1) is 16.2 Å². The predicted octanol–water partition coefficient (Wildman–Crippen LogP) is 10.0. The highest BCUT2D eigenvalue weighted by atomic mass is 19.4. The number of rotatable bonds is 9. The van der Waals surface area contributed by atoms with Crippen molar-refractivity contribution < 1.29 is 41.8 Å². The van der Waals surface area contributed by atoms with Gasteiger partial charge in [-0.2, -0.15) is 13.2 Å². The van der Waals surface area contributed by atoms with Gasteiger partial charge in [0.15, 0.2) is 6.10 Å². The lowest BCUT2D eigenvalue weighted by Crippen LogP contribution is -2.38. The smallest absolute Gasteiger partial charge is 0.425 e. The molecule has 2 unspecified atom stereocenters. The summed E-state index contributed by atoms with van der Waals surface area (Å²) in [6.07, 6.45) is 1.23. The minimum atomic E-state index is -4.49. The van der Waals surface area contributed by atoms with E-state index in [2.05, 4.69) is 32.4 Å². The third-order valence-electron chi connectivity index (χ3n) is 8.81. The average molecular weight is 625 g/mol. The van der Waals surface area contributed by atoms with Crippen molar-refractivity contribution in [2.75, 3.05) is 0 Å². The van der Waals surface area contributed by atoms with Crippen LogP contribution in [0.2, 0.25) is 0 Å². The first-order valence-electron chi connectivity index (χ1n) is 15.8. The molecule has 0 spiro atoms. The minimum Gasteiger partial charge on any atom is -0.462 e. The second-order valence-electron chi connectivity index (χ2n) is 15.1. The Morgan fingerprint density at radius 3 is 1.26 bits per heavy atom. The zero-order valence-corrected chi connectivity index (χ0v) is 29.9. The molecule has 6 nitrogen and oxygen atoms in total. The maximum absolute atomic E-state index is 12.0. The van der Waals surface area contributed by atoms with E-state index in [0.29, 0.717) is 6.42 Å². The van der Waals surface area contributed by atoms with E-state index >= 15 is 0 Å². The molecule has 0 aromatic rings. The van der Waals surface area contributed by atoms with E-state index in [1.165, 1.54) is 19.3 Å². The molecule has 0 aromatic carbocycles. The summed E-state index contributed by atoms with van der Waals surface area (Å²) in [5, 5.41) is 0. The quantitative estimate of drug-likeness (QED) is 0.188. The molecule has 9 heteroatoms. The fourth-order valence-corrected chi connectivity index (χ4v) is 3.08. The molecule has 0 heterocycles. The summed E-state index contributed by atoms with van der Waals surface area (Å²) >= 11 is 0. The van der Waals surface area contributed by atoms with E-state index in [1.54, 1.807) is 20.8 Å². The third kappa shape index (κ3) is 16.2. The molecule has 0 bridgehead atoms. The van der Waals surface area contributed by atoms with Crippen LogP contribution in [0.5, 0.6) is 0 Å². The minimum absolute atomic E-state index is 0.0134. The Labute approximate surface area is 260 Å². The van der Waals surface area contributed by atoms with Crippen molar-refractivity contribution in [3.8, 4) is 0 Å².